The Labute approximate surface area is 153 Å². The lowest BCUT2D eigenvalue weighted by molar-refractivity contribution is -0.117. The Morgan fingerprint density at radius 3 is 2.65 bits per heavy atom. The average molecular weight is 358 g/mol. The molecule has 1 saturated heterocycles. The van der Waals surface area contributed by atoms with Crippen LogP contribution in [0.25, 0.3) is 0 Å². The summed E-state index contributed by atoms with van der Waals surface area (Å²) in [7, 11) is 0. The molecule has 0 bridgehead atoms. The number of amides is 1. The van der Waals surface area contributed by atoms with Gasteiger partial charge >= 0.3 is 0 Å². The summed E-state index contributed by atoms with van der Waals surface area (Å²) in [6.07, 6.45) is 0. The van der Waals surface area contributed by atoms with Crippen LogP contribution < -0.4 is 11.1 Å². The van der Waals surface area contributed by atoms with Gasteiger partial charge < -0.3 is 15.6 Å². The highest BCUT2D eigenvalue weighted by atomic mass is 16.5. The number of aromatic nitrogens is 2. The van der Waals surface area contributed by atoms with Crippen molar-refractivity contribution < 1.29 is 9.32 Å². The molecule has 0 aliphatic carbocycles. The lowest BCUT2D eigenvalue weighted by atomic mass is 10.1. The molecule has 3 N–H and O–H groups in total. The number of benzene rings is 1. The van der Waals surface area contributed by atoms with Gasteiger partial charge in [0.05, 0.1) is 19.6 Å². The Kier molecular flexibility index (Phi) is 5.97. The second-order valence-electron chi connectivity index (χ2n) is 6.66. The number of hydrogen-bond donors (Lipinski definition) is 2. The Morgan fingerprint density at radius 1 is 1.23 bits per heavy atom. The molecule has 0 spiro atoms. The molecule has 0 atom stereocenters. The minimum atomic E-state index is 0.0258. The van der Waals surface area contributed by atoms with Crippen LogP contribution in [0.4, 0.5) is 5.69 Å². The molecule has 8 heteroatoms. The molecule has 3 rings (SSSR count). The third-order valence-electron chi connectivity index (χ3n) is 4.76. The third-order valence-corrected chi connectivity index (χ3v) is 4.76. The van der Waals surface area contributed by atoms with E-state index in [9.17, 15) is 4.79 Å². The van der Waals surface area contributed by atoms with Crippen molar-refractivity contribution in [2.75, 3.05) is 38.0 Å². The second kappa shape index (κ2) is 8.39. The Hall–Kier alpha value is -2.29. The fourth-order valence-corrected chi connectivity index (χ4v) is 3.02. The molecule has 140 valence electrons. The Bertz CT molecular complexity index is 752. The molecule has 0 radical (unpaired) electrons. The number of rotatable bonds is 6. The first-order valence-electron chi connectivity index (χ1n) is 8.87. The summed E-state index contributed by atoms with van der Waals surface area (Å²) in [6.45, 7) is 8.78. The van der Waals surface area contributed by atoms with Crippen molar-refractivity contribution in [3.63, 3.8) is 0 Å². The zero-order chi connectivity index (χ0) is 18.5. The molecule has 1 aliphatic rings. The molecule has 1 aliphatic heterocycles. The molecule has 1 fully saturated rings. The van der Waals surface area contributed by atoms with E-state index in [1.807, 2.05) is 32.0 Å². The summed E-state index contributed by atoms with van der Waals surface area (Å²) >= 11 is 0. The van der Waals surface area contributed by atoms with Crippen molar-refractivity contribution >= 4 is 11.6 Å². The van der Waals surface area contributed by atoms with Gasteiger partial charge in [-0.25, -0.2) is 0 Å². The summed E-state index contributed by atoms with van der Waals surface area (Å²) in [5.74, 6) is 1.14. The van der Waals surface area contributed by atoms with Gasteiger partial charge in [-0.1, -0.05) is 17.3 Å². The van der Waals surface area contributed by atoms with Crippen LogP contribution in [0, 0.1) is 13.8 Å². The zero-order valence-corrected chi connectivity index (χ0v) is 15.4. The number of hydrogen-bond acceptors (Lipinski definition) is 7. The van der Waals surface area contributed by atoms with Gasteiger partial charge in [0, 0.05) is 31.9 Å². The summed E-state index contributed by atoms with van der Waals surface area (Å²) in [6, 6.07) is 5.95. The normalized spacial score (nSPS) is 16.0. The number of piperazine rings is 1. The highest BCUT2D eigenvalue weighted by Crippen LogP contribution is 2.18. The van der Waals surface area contributed by atoms with E-state index in [1.165, 1.54) is 5.56 Å². The topological polar surface area (TPSA) is 101 Å². The van der Waals surface area contributed by atoms with Gasteiger partial charge in [-0.05, 0) is 31.0 Å². The smallest absolute Gasteiger partial charge is 0.240 e. The van der Waals surface area contributed by atoms with Crippen LogP contribution in [0.5, 0.6) is 0 Å². The number of aryl methyl sites for hydroxylation is 1. The predicted molar refractivity (Wildman–Crippen MR) is 98.5 cm³/mol. The molecule has 1 aromatic carbocycles. The molecular formula is C18H26N6O2. The molecule has 0 unspecified atom stereocenters. The lowest BCUT2D eigenvalue weighted by Crippen LogP contribution is -2.48. The molecule has 2 aromatic rings. The lowest BCUT2D eigenvalue weighted by Gasteiger charge is -2.33. The Balaban J connectivity index is 1.44. The minimum Gasteiger partial charge on any atom is -0.338 e. The van der Waals surface area contributed by atoms with Gasteiger partial charge in [-0.15, -0.1) is 0 Å². The third kappa shape index (κ3) is 4.66. The maximum absolute atomic E-state index is 12.3. The van der Waals surface area contributed by atoms with E-state index in [-0.39, 0.29) is 12.5 Å². The van der Waals surface area contributed by atoms with Crippen LogP contribution in [0.2, 0.25) is 0 Å². The van der Waals surface area contributed by atoms with E-state index in [0.717, 1.165) is 37.4 Å². The monoisotopic (exact) mass is 358 g/mol. The first-order chi connectivity index (χ1) is 12.5. The fourth-order valence-electron chi connectivity index (χ4n) is 3.02. The van der Waals surface area contributed by atoms with Gasteiger partial charge in [0.2, 0.25) is 11.8 Å². The molecule has 1 aromatic heterocycles. The molecular weight excluding hydrogens is 332 g/mol. The summed E-state index contributed by atoms with van der Waals surface area (Å²) in [5, 5.41) is 6.95. The van der Waals surface area contributed by atoms with Gasteiger partial charge in [0.25, 0.3) is 0 Å². The predicted octanol–water partition coefficient (Wildman–Crippen LogP) is 0.901. The van der Waals surface area contributed by atoms with Crippen LogP contribution in [-0.2, 0) is 17.9 Å². The van der Waals surface area contributed by atoms with Crippen LogP contribution in [0.3, 0.4) is 0 Å². The zero-order valence-electron chi connectivity index (χ0n) is 15.4. The quantitative estimate of drug-likeness (QED) is 0.791. The minimum absolute atomic E-state index is 0.0258. The average Bonchev–Trinajstić information content (AvgIpc) is 3.08. The number of carbonyl (C=O) groups excluding carboxylic acids is 1. The SMILES string of the molecule is Cc1cccc(NC(=O)CN2CCN(Cc3noc(CN)n3)CC2)c1C. The first kappa shape index (κ1) is 18.5. The number of anilines is 1. The van der Waals surface area contributed by atoms with Crippen molar-refractivity contribution in [2.24, 2.45) is 5.73 Å². The summed E-state index contributed by atoms with van der Waals surface area (Å²) in [5.41, 5.74) is 8.66. The first-order valence-corrected chi connectivity index (χ1v) is 8.87. The van der Waals surface area contributed by atoms with Gasteiger partial charge in [-0.3, -0.25) is 14.6 Å². The highest BCUT2D eigenvalue weighted by molar-refractivity contribution is 5.93. The van der Waals surface area contributed by atoms with E-state index in [4.69, 9.17) is 10.3 Å². The van der Waals surface area contributed by atoms with E-state index in [0.29, 0.717) is 24.8 Å². The highest BCUT2D eigenvalue weighted by Gasteiger charge is 2.20. The largest absolute Gasteiger partial charge is 0.338 e. The van der Waals surface area contributed by atoms with Crippen molar-refractivity contribution in [1.29, 1.82) is 0 Å². The van der Waals surface area contributed by atoms with Gasteiger partial charge in [0.15, 0.2) is 5.82 Å². The van der Waals surface area contributed by atoms with Crippen molar-refractivity contribution in [3.05, 3.63) is 41.0 Å². The maximum Gasteiger partial charge on any atom is 0.240 e. The van der Waals surface area contributed by atoms with Crippen LogP contribution in [-0.4, -0.2) is 58.6 Å². The van der Waals surface area contributed by atoms with E-state index < -0.39 is 0 Å². The second-order valence-corrected chi connectivity index (χ2v) is 6.66. The fraction of sp³-hybridized carbons (Fsp3) is 0.500. The maximum atomic E-state index is 12.3. The standard InChI is InChI=1S/C18H26N6O2/c1-13-4-3-5-15(14(13)2)20-17(25)12-24-8-6-23(7-9-24)11-16-21-18(10-19)26-22-16/h3-5H,6-12,19H2,1-2H3,(H,20,25). The molecule has 26 heavy (non-hydrogen) atoms. The molecule has 2 heterocycles. The molecule has 1 amide bonds. The number of nitrogens with two attached hydrogens (primary N) is 1. The number of nitrogens with zero attached hydrogens (tertiary/aromatic N) is 4. The molecule has 8 nitrogen and oxygen atoms in total. The van der Waals surface area contributed by atoms with Crippen molar-refractivity contribution in [1.82, 2.24) is 19.9 Å². The summed E-state index contributed by atoms with van der Waals surface area (Å²) in [4.78, 5) is 21.0. The van der Waals surface area contributed by atoms with Gasteiger partial charge in [0.1, 0.15) is 0 Å². The van der Waals surface area contributed by atoms with E-state index in [1.54, 1.807) is 0 Å². The van der Waals surface area contributed by atoms with Crippen molar-refractivity contribution in [2.45, 2.75) is 26.9 Å². The molecule has 0 saturated carbocycles. The van der Waals surface area contributed by atoms with Crippen LogP contribution in [0.1, 0.15) is 22.8 Å². The van der Waals surface area contributed by atoms with Crippen molar-refractivity contribution in [3.8, 4) is 0 Å². The van der Waals surface area contributed by atoms with E-state index in [2.05, 4.69) is 25.3 Å². The van der Waals surface area contributed by atoms with Crippen LogP contribution >= 0.6 is 0 Å². The number of nitrogens with one attached hydrogen (secondary N) is 1. The Morgan fingerprint density at radius 2 is 1.96 bits per heavy atom. The van der Waals surface area contributed by atoms with Crippen LogP contribution in [0.15, 0.2) is 22.7 Å². The summed E-state index contributed by atoms with van der Waals surface area (Å²) < 4.78 is 5.03. The van der Waals surface area contributed by atoms with E-state index >= 15 is 0 Å². The van der Waals surface area contributed by atoms with Gasteiger partial charge in [-0.2, -0.15) is 4.98 Å². The number of carbonyl (C=O) groups is 1.